The maximum absolute atomic E-state index is 4.84. The van der Waals surface area contributed by atoms with Crippen molar-refractivity contribution in [3.05, 3.63) is 29.8 Å². The Morgan fingerprint density at radius 1 is 1.10 bits per heavy atom. The second kappa shape index (κ2) is 6.52. The van der Waals surface area contributed by atoms with E-state index < -0.39 is 0 Å². The first kappa shape index (κ1) is 14.4. The summed E-state index contributed by atoms with van der Waals surface area (Å²) in [5, 5.41) is 1.09. The van der Waals surface area contributed by atoms with E-state index >= 15 is 0 Å². The van der Waals surface area contributed by atoms with Crippen molar-refractivity contribution in [3.8, 4) is 0 Å². The van der Waals surface area contributed by atoms with Crippen molar-refractivity contribution in [1.82, 2.24) is 9.80 Å². The van der Waals surface area contributed by atoms with Crippen LogP contribution in [-0.2, 0) is 0 Å². The molecule has 0 unspecified atom stereocenters. The molecule has 0 amide bonds. The fourth-order valence-electron chi connectivity index (χ4n) is 2.50. The average Bonchev–Trinajstić information content (AvgIpc) is 3.13. The Morgan fingerprint density at radius 2 is 1.81 bits per heavy atom. The standard InChI is InChI=1S/C16H22N4S/c1-13-5-7-14(8-6-13)17-15(20-9-3-4-10-20)18-16-19(2)11-12-21-16/h5-8H,3-4,9-12H2,1-2H3. The highest BCUT2D eigenvalue weighted by molar-refractivity contribution is 8.14. The molecule has 0 saturated carbocycles. The zero-order chi connectivity index (χ0) is 14.7. The molecule has 0 spiro atoms. The first-order chi connectivity index (χ1) is 10.2. The Bertz CT molecular complexity index is 544. The van der Waals surface area contributed by atoms with E-state index in [-0.39, 0.29) is 0 Å². The first-order valence-electron chi connectivity index (χ1n) is 7.55. The zero-order valence-electron chi connectivity index (χ0n) is 12.7. The van der Waals surface area contributed by atoms with Gasteiger partial charge in [0.1, 0.15) is 0 Å². The van der Waals surface area contributed by atoms with Gasteiger partial charge in [0.15, 0.2) is 5.17 Å². The third-order valence-corrected chi connectivity index (χ3v) is 4.88. The number of amidine groups is 1. The Kier molecular flexibility index (Phi) is 4.48. The fourth-order valence-corrected chi connectivity index (χ4v) is 3.51. The quantitative estimate of drug-likeness (QED) is 0.590. The second-order valence-corrected chi connectivity index (χ2v) is 6.67. The van der Waals surface area contributed by atoms with Crippen molar-refractivity contribution >= 4 is 28.6 Å². The molecule has 0 bridgehead atoms. The highest BCUT2D eigenvalue weighted by Crippen LogP contribution is 2.20. The van der Waals surface area contributed by atoms with Crippen molar-refractivity contribution < 1.29 is 0 Å². The van der Waals surface area contributed by atoms with Crippen LogP contribution >= 0.6 is 11.8 Å². The summed E-state index contributed by atoms with van der Waals surface area (Å²) in [6, 6.07) is 8.34. The van der Waals surface area contributed by atoms with Crippen LogP contribution in [0.4, 0.5) is 5.69 Å². The molecule has 2 aliphatic rings. The van der Waals surface area contributed by atoms with Crippen molar-refractivity contribution in [2.24, 2.45) is 9.98 Å². The van der Waals surface area contributed by atoms with Crippen LogP contribution in [0.1, 0.15) is 18.4 Å². The van der Waals surface area contributed by atoms with Gasteiger partial charge in [-0.2, -0.15) is 4.99 Å². The van der Waals surface area contributed by atoms with Crippen molar-refractivity contribution in [2.45, 2.75) is 19.8 Å². The molecule has 112 valence electrons. The van der Waals surface area contributed by atoms with Gasteiger partial charge < -0.3 is 9.80 Å². The molecule has 4 nitrogen and oxygen atoms in total. The molecule has 2 saturated heterocycles. The molecule has 0 atom stereocenters. The minimum absolute atomic E-state index is 0.868. The van der Waals surface area contributed by atoms with E-state index in [0.717, 1.165) is 42.2 Å². The molecular weight excluding hydrogens is 280 g/mol. The van der Waals surface area contributed by atoms with Crippen LogP contribution in [0.2, 0.25) is 0 Å². The summed E-state index contributed by atoms with van der Waals surface area (Å²) in [5.74, 6) is 1.99. The van der Waals surface area contributed by atoms with Crippen LogP contribution in [0.25, 0.3) is 0 Å². The number of hydrogen-bond donors (Lipinski definition) is 0. The van der Waals surface area contributed by atoms with Crippen molar-refractivity contribution in [3.63, 3.8) is 0 Å². The van der Waals surface area contributed by atoms with Gasteiger partial charge in [-0.15, -0.1) is 0 Å². The minimum atomic E-state index is 0.868. The van der Waals surface area contributed by atoms with Gasteiger partial charge in [0, 0.05) is 32.4 Å². The van der Waals surface area contributed by atoms with Gasteiger partial charge >= 0.3 is 0 Å². The third-order valence-electron chi connectivity index (χ3n) is 3.83. The second-order valence-electron chi connectivity index (χ2n) is 5.61. The van der Waals surface area contributed by atoms with E-state index in [1.54, 1.807) is 0 Å². The molecule has 2 heterocycles. The van der Waals surface area contributed by atoms with E-state index in [0.29, 0.717) is 0 Å². The van der Waals surface area contributed by atoms with E-state index in [1.807, 2.05) is 11.8 Å². The predicted octanol–water partition coefficient (Wildman–Crippen LogP) is 3.11. The summed E-state index contributed by atoms with van der Waals surface area (Å²) in [6.07, 6.45) is 2.47. The Labute approximate surface area is 131 Å². The molecule has 0 aromatic heterocycles. The lowest BCUT2D eigenvalue weighted by Gasteiger charge is -2.18. The number of hydrogen-bond acceptors (Lipinski definition) is 2. The SMILES string of the molecule is Cc1ccc(N=C(N=C2SCCN2C)N2CCCC2)cc1. The summed E-state index contributed by atoms with van der Waals surface area (Å²) >= 11 is 1.82. The number of likely N-dealkylation sites (tertiary alicyclic amines) is 1. The van der Waals surface area contributed by atoms with Gasteiger partial charge in [-0.25, -0.2) is 4.99 Å². The van der Waals surface area contributed by atoms with Gasteiger partial charge in [-0.05, 0) is 31.9 Å². The third kappa shape index (κ3) is 3.59. The fraction of sp³-hybridized carbons (Fsp3) is 0.500. The van der Waals surface area contributed by atoms with Gasteiger partial charge in [-0.1, -0.05) is 29.5 Å². The van der Waals surface area contributed by atoms with E-state index in [9.17, 15) is 0 Å². The van der Waals surface area contributed by atoms with Crippen LogP contribution < -0.4 is 0 Å². The molecule has 0 aliphatic carbocycles. The number of benzene rings is 1. The van der Waals surface area contributed by atoms with Crippen LogP contribution in [0.3, 0.4) is 0 Å². The molecular formula is C16H22N4S. The Balaban J connectivity index is 1.89. The molecule has 2 fully saturated rings. The van der Waals surface area contributed by atoms with Crippen LogP contribution in [0, 0.1) is 6.92 Å². The maximum Gasteiger partial charge on any atom is 0.228 e. The minimum Gasteiger partial charge on any atom is -0.353 e. The lowest BCUT2D eigenvalue weighted by Crippen LogP contribution is -2.29. The van der Waals surface area contributed by atoms with E-state index in [1.165, 1.54) is 18.4 Å². The van der Waals surface area contributed by atoms with Crippen LogP contribution in [0.15, 0.2) is 34.3 Å². The molecule has 2 aliphatic heterocycles. The molecule has 3 rings (SSSR count). The number of thioether (sulfide) groups is 1. The Morgan fingerprint density at radius 3 is 2.43 bits per heavy atom. The molecule has 0 N–H and O–H groups in total. The van der Waals surface area contributed by atoms with Gasteiger partial charge in [0.2, 0.25) is 5.96 Å². The van der Waals surface area contributed by atoms with Crippen molar-refractivity contribution in [2.75, 3.05) is 32.4 Å². The molecule has 1 aromatic rings. The first-order valence-corrected chi connectivity index (χ1v) is 8.54. The number of aryl methyl sites for hydroxylation is 1. The normalized spacial score (nSPS) is 21.6. The molecule has 21 heavy (non-hydrogen) atoms. The highest BCUT2D eigenvalue weighted by atomic mass is 32.2. The smallest absolute Gasteiger partial charge is 0.228 e. The zero-order valence-corrected chi connectivity index (χ0v) is 13.6. The summed E-state index contributed by atoms with van der Waals surface area (Å²) in [5.41, 5.74) is 2.24. The van der Waals surface area contributed by atoms with Gasteiger partial charge in [-0.3, -0.25) is 0 Å². The number of rotatable bonds is 1. The summed E-state index contributed by atoms with van der Waals surface area (Å²) in [4.78, 5) is 14.2. The summed E-state index contributed by atoms with van der Waals surface area (Å²) in [7, 11) is 2.10. The predicted molar refractivity (Wildman–Crippen MR) is 91.6 cm³/mol. The summed E-state index contributed by atoms with van der Waals surface area (Å²) < 4.78 is 0. The highest BCUT2D eigenvalue weighted by Gasteiger charge is 2.20. The molecule has 0 radical (unpaired) electrons. The number of nitrogens with zero attached hydrogens (tertiary/aromatic N) is 4. The molecule has 5 heteroatoms. The monoisotopic (exact) mass is 302 g/mol. The van der Waals surface area contributed by atoms with Crippen LogP contribution in [-0.4, -0.2) is 53.4 Å². The van der Waals surface area contributed by atoms with Gasteiger partial charge in [0.05, 0.1) is 5.69 Å². The van der Waals surface area contributed by atoms with Crippen LogP contribution in [0.5, 0.6) is 0 Å². The molecule has 1 aromatic carbocycles. The largest absolute Gasteiger partial charge is 0.353 e. The maximum atomic E-state index is 4.84. The van der Waals surface area contributed by atoms with E-state index in [2.05, 4.69) is 48.0 Å². The lowest BCUT2D eigenvalue weighted by atomic mass is 10.2. The lowest BCUT2D eigenvalue weighted by molar-refractivity contribution is 0.510. The Hall–Kier alpha value is -1.49. The number of guanidine groups is 1. The number of aliphatic imine (C=N–C) groups is 2. The average molecular weight is 302 g/mol. The summed E-state index contributed by atoms with van der Waals surface area (Å²) in [6.45, 7) is 5.30. The topological polar surface area (TPSA) is 31.2 Å². The van der Waals surface area contributed by atoms with Gasteiger partial charge in [0.25, 0.3) is 0 Å². The van der Waals surface area contributed by atoms with Crippen molar-refractivity contribution in [1.29, 1.82) is 0 Å². The van der Waals surface area contributed by atoms with E-state index in [4.69, 9.17) is 9.98 Å².